The summed E-state index contributed by atoms with van der Waals surface area (Å²) in [5.74, 6) is -5.34. The number of carbonyl (C=O) groups is 2. The molecule has 2 aliphatic heterocycles. The molecule has 3 N–H and O–H groups in total. The first-order chi connectivity index (χ1) is 23.7. The highest BCUT2D eigenvalue weighted by Crippen LogP contribution is 2.35. The number of sulfonamides is 1. The van der Waals surface area contributed by atoms with E-state index in [0.29, 0.717) is 55.0 Å². The van der Waals surface area contributed by atoms with Gasteiger partial charge in [0.15, 0.2) is 5.65 Å². The van der Waals surface area contributed by atoms with Crippen LogP contribution in [0.15, 0.2) is 53.6 Å². The van der Waals surface area contributed by atoms with E-state index in [9.17, 15) is 40.0 Å². The fraction of sp³-hybridized carbons (Fsp3) is 0.355. The lowest BCUT2D eigenvalue weighted by atomic mass is 10.0. The van der Waals surface area contributed by atoms with Crippen molar-refractivity contribution in [1.29, 1.82) is 0 Å². The third-order valence-corrected chi connectivity index (χ3v) is 9.78. The molecule has 2 aromatic heterocycles. The van der Waals surface area contributed by atoms with Crippen molar-refractivity contribution in [2.24, 2.45) is 0 Å². The second kappa shape index (κ2) is 13.8. The maximum absolute atomic E-state index is 14.1. The molecule has 0 radical (unpaired) electrons. The normalized spacial score (nSPS) is 16.4. The van der Waals surface area contributed by atoms with Gasteiger partial charge in [0.1, 0.15) is 17.5 Å². The smallest absolute Gasteiger partial charge is 0.381 e. The highest BCUT2D eigenvalue weighted by Gasteiger charge is 2.46. The third kappa shape index (κ3) is 7.48. The highest BCUT2D eigenvalue weighted by atomic mass is 32.2. The molecule has 0 atom stereocenters. The number of hydrogen-bond donors (Lipinski definition) is 3. The molecular weight excluding hydrogens is 691 g/mol. The van der Waals surface area contributed by atoms with Gasteiger partial charge in [-0.25, -0.2) is 22.2 Å². The van der Waals surface area contributed by atoms with Gasteiger partial charge in [-0.15, -0.1) is 0 Å². The van der Waals surface area contributed by atoms with Crippen molar-refractivity contribution in [3.8, 4) is 0 Å². The Morgan fingerprint density at radius 2 is 1.68 bits per heavy atom. The Hall–Kier alpha value is -4.88. The number of nitrogens with zero attached hydrogens (tertiary/aromatic N) is 5. The Kier molecular flexibility index (Phi) is 9.65. The average molecular weight is 723 g/mol. The summed E-state index contributed by atoms with van der Waals surface area (Å²) < 4.78 is 103. The topological polar surface area (TPSA) is 153 Å². The minimum Gasteiger partial charge on any atom is -0.381 e. The van der Waals surface area contributed by atoms with Gasteiger partial charge in [0.2, 0.25) is 0 Å². The van der Waals surface area contributed by atoms with E-state index < -0.39 is 50.6 Å². The maximum atomic E-state index is 14.1. The second-order valence-electron chi connectivity index (χ2n) is 11.9. The van der Waals surface area contributed by atoms with Gasteiger partial charge in [-0.3, -0.25) is 19.4 Å². The lowest BCUT2D eigenvalue weighted by Crippen LogP contribution is -2.50. The molecule has 2 aliphatic rings. The number of likely N-dealkylation sites (N-methyl/N-ethyl adjacent to an activating group) is 1. The van der Waals surface area contributed by atoms with E-state index >= 15 is 0 Å². The van der Waals surface area contributed by atoms with Crippen LogP contribution in [0.1, 0.15) is 23.2 Å². The summed E-state index contributed by atoms with van der Waals surface area (Å²) in [5.41, 5.74) is -0.0824. The molecular formula is C31H31F5N8O5S. The number of anilines is 4. The minimum atomic E-state index is -5.25. The maximum Gasteiger partial charge on any atom is 0.471 e. The lowest BCUT2D eigenvalue weighted by Gasteiger charge is -2.37. The van der Waals surface area contributed by atoms with Crippen molar-refractivity contribution in [2.75, 3.05) is 66.3 Å². The summed E-state index contributed by atoms with van der Waals surface area (Å²) in [5, 5.41) is 9.21. The molecule has 266 valence electrons. The van der Waals surface area contributed by atoms with Crippen molar-refractivity contribution in [3.63, 3.8) is 0 Å². The van der Waals surface area contributed by atoms with Gasteiger partial charge in [-0.1, -0.05) is 0 Å². The number of aromatic amines is 1. The standard InChI is InChI=1S/C31H31F5N8O5S/c1-42-6-8-43(9-7-42)22-2-3-24(26(16-22)44(30(46)31(34,35)36)21-4-10-49-11-5-21)29(45)38-28-25-15-20(17-37-27(25)39-40-28)41-50(47,48)23-13-18(32)12-19(33)14-23/h2-3,12-17,21,41H,4-11H2,1H3,(H2,37,38,39,40,45). The number of piperazine rings is 1. The molecule has 0 saturated carbocycles. The zero-order valence-electron chi connectivity index (χ0n) is 26.4. The summed E-state index contributed by atoms with van der Waals surface area (Å²) in [4.78, 5) is 35.0. The monoisotopic (exact) mass is 722 g/mol. The molecule has 0 unspecified atom stereocenters. The Bertz CT molecular complexity index is 2010. The van der Waals surface area contributed by atoms with Crippen LogP contribution in [0.3, 0.4) is 0 Å². The zero-order chi connectivity index (χ0) is 35.8. The summed E-state index contributed by atoms with van der Waals surface area (Å²) in [7, 11) is -2.54. The van der Waals surface area contributed by atoms with Crippen LogP contribution in [0.25, 0.3) is 11.0 Å². The molecule has 4 aromatic rings. The highest BCUT2D eigenvalue weighted by molar-refractivity contribution is 7.92. The zero-order valence-corrected chi connectivity index (χ0v) is 27.2. The Morgan fingerprint density at radius 3 is 2.34 bits per heavy atom. The van der Waals surface area contributed by atoms with Crippen LogP contribution in [0.5, 0.6) is 0 Å². The number of H-pyrrole nitrogens is 1. The average Bonchev–Trinajstić information content (AvgIpc) is 3.46. The molecule has 0 aliphatic carbocycles. The van der Waals surface area contributed by atoms with E-state index in [0.717, 1.165) is 6.20 Å². The third-order valence-electron chi connectivity index (χ3n) is 8.42. The molecule has 19 heteroatoms. The van der Waals surface area contributed by atoms with Crippen molar-refractivity contribution < 1.29 is 44.7 Å². The van der Waals surface area contributed by atoms with Gasteiger partial charge < -0.3 is 24.8 Å². The number of carbonyl (C=O) groups excluding carboxylic acids is 2. The molecule has 50 heavy (non-hydrogen) atoms. The number of benzene rings is 2. The van der Waals surface area contributed by atoms with E-state index in [2.05, 4.69) is 30.1 Å². The fourth-order valence-corrected chi connectivity index (χ4v) is 6.93. The first-order valence-corrected chi connectivity index (χ1v) is 16.9. The molecule has 2 aromatic carbocycles. The van der Waals surface area contributed by atoms with Gasteiger partial charge in [0.05, 0.1) is 33.4 Å². The van der Waals surface area contributed by atoms with Crippen molar-refractivity contribution in [1.82, 2.24) is 20.1 Å². The number of amides is 2. The van der Waals surface area contributed by atoms with Crippen LogP contribution < -0.4 is 19.8 Å². The molecule has 13 nitrogen and oxygen atoms in total. The first kappa shape index (κ1) is 35.0. The van der Waals surface area contributed by atoms with Crippen LogP contribution in [-0.4, -0.2) is 99.0 Å². The summed E-state index contributed by atoms with van der Waals surface area (Å²) in [6.07, 6.45) is -3.94. The van der Waals surface area contributed by atoms with Crippen LogP contribution >= 0.6 is 0 Å². The van der Waals surface area contributed by atoms with E-state index in [1.54, 1.807) is 6.07 Å². The Morgan fingerprint density at radius 1 is 1.00 bits per heavy atom. The number of aromatic nitrogens is 3. The molecule has 2 saturated heterocycles. The summed E-state index contributed by atoms with van der Waals surface area (Å²) >= 11 is 0. The predicted molar refractivity (Wildman–Crippen MR) is 173 cm³/mol. The molecule has 2 amide bonds. The quantitative estimate of drug-likeness (QED) is 0.228. The molecule has 0 spiro atoms. The van der Waals surface area contributed by atoms with Gasteiger partial charge in [-0.2, -0.15) is 18.3 Å². The van der Waals surface area contributed by atoms with Gasteiger partial charge in [0.25, 0.3) is 15.9 Å². The van der Waals surface area contributed by atoms with Crippen molar-refractivity contribution in [2.45, 2.75) is 30.0 Å². The number of ether oxygens (including phenoxy) is 1. The second-order valence-corrected chi connectivity index (χ2v) is 13.5. The Labute approximate surface area is 282 Å². The van der Waals surface area contributed by atoms with E-state index in [1.165, 1.54) is 18.2 Å². The SMILES string of the molecule is CN1CCN(c2ccc(C(=O)Nc3[nH]nc4ncc(NS(=O)(=O)c5cc(F)cc(F)c5)cc34)c(N(C(=O)C(F)(F)F)C3CCOCC3)c2)CC1. The summed E-state index contributed by atoms with van der Waals surface area (Å²) in [6.45, 7) is 2.78. The summed E-state index contributed by atoms with van der Waals surface area (Å²) in [6, 6.07) is 6.46. The van der Waals surface area contributed by atoms with Crippen LogP contribution in [0.2, 0.25) is 0 Å². The Balaban J connectivity index is 1.36. The van der Waals surface area contributed by atoms with Crippen molar-refractivity contribution in [3.05, 3.63) is 65.9 Å². The van der Waals surface area contributed by atoms with E-state index in [4.69, 9.17) is 4.74 Å². The van der Waals surface area contributed by atoms with Gasteiger partial charge in [-0.05, 0) is 56.3 Å². The van der Waals surface area contributed by atoms with Crippen LogP contribution in [-0.2, 0) is 19.6 Å². The number of hydrogen-bond acceptors (Lipinski definition) is 9. The fourth-order valence-electron chi connectivity index (χ4n) is 5.85. The largest absolute Gasteiger partial charge is 0.471 e. The number of alkyl halides is 3. The van der Waals surface area contributed by atoms with Crippen molar-refractivity contribution >= 4 is 55.8 Å². The van der Waals surface area contributed by atoms with Crippen LogP contribution in [0, 0.1) is 11.6 Å². The molecule has 6 rings (SSSR count). The first-order valence-electron chi connectivity index (χ1n) is 15.4. The van der Waals surface area contributed by atoms with Crippen LogP contribution in [0.4, 0.5) is 44.8 Å². The number of rotatable bonds is 8. The molecule has 2 fully saturated rings. The number of nitrogens with one attached hydrogen (secondary N) is 3. The number of fused-ring (bicyclic) bond motifs is 1. The van der Waals surface area contributed by atoms with Gasteiger partial charge >= 0.3 is 12.1 Å². The lowest BCUT2D eigenvalue weighted by molar-refractivity contribution is -0.171. The molecule has 4 heterocycles. The number of pyridine rings is 1. The van der Waals surface area contributed by atoms with E-state index in [-0.39, 0.29) is 59.8 Å². The number of halogens is 5. The minimum absolute atomic E-state index is 0.0294. The molecule has 0 bridgehead atoms. The van der Waals surface area contributed by atoms with Gasteiger partial charge in [0, 0.05) is 57.2 Å². The van der Waals surface area contributed by atoms with E-state index in [1.807, 2.05) is 11.9 Å². The predicted octanol–water partition coefficient (Wildman–Crippen LogP) is 4.12.